The monoisotopic (exact) mass is 323 g/mol. The van der Waals surface area contributed by atoms with Crippen molar-refractivity contribution in [3.05, 3.63) is 30.3 Å². The maximum atomic E-state index is 12.2. The number of nitrogens with one attached hydrogen (secondary N) is 1. The molecule has 0 bridgehead atoms. The minimum atomic E-state index is -0.925. The number of hydrogen-bond donors (Lipinski definition) is 1. The molecule has 0 radical (unpaired) electrons. The normalized spacial score (nSPS) is 18.0. The number of piperazine rings is 1. The first kappa shape index (κ1) is 17.1. The Morgan fingerprint density at radius 3 is 2.41 bits per heavy atom. The third-order valence-corrected chi connectivity index (χ3v) is 5.16. The molecule has 1 saturated heterocycles. The lowest BCUT2D eigenvalue weighted by Crippen LogP contribution is -2.50. The van der Waals surface area contributed by atoms with E-state index in [1.807, 2.05) is 37.3 Å². The van der Waals surface area contributed by atoms with Crippen LogP contribution >= 0.6 is 0 Å². The Morgan fingerprint density at radius 1 is 1.14 bits per heavy atom. The molecule has 0 aromatic heterocycles. The lowest BCUT2D eigenvalue weighted by molar-refractivity contribution is -0.122. The zero-order valence-corrected chi connectivity index (χ0v) is 14.0. The van der Waals surface area contributed by atoms with Crippen LogP contribution in [0.4, 0.5) is 0 Å². The molecule has 122 valence electrons. The predicted molar refractivity (Wildman–Crippen MR) is 89.3 cm³/mol. The zero-order chi connectivity index (χ0) is 15.8. The number of benzene rings is 1. The smallest absolute Gasteiger partial charge is 0.234 e. The van der Waals surface area contributed by atoms with Crippen LogP contribution in [0.15, 0.2) is 35.2 Å². The molecular formula is C16H25N3O2S. The predicted octanol–water partition coefficient (Wildman–Crippen LogP) is 0.548. The Hall–Kier alpha value is -1.24. The second-order valence-electron chi connectivity index (χ2n) is 5.43. The second-order valence-corrected chi connectivity index (χ2v) is 7.00. The van der Waals surface area contributed by atoms with E-state index in [1.54, 1.807) is 0 Å². The van der Waals surface area contributed by atoms with Gasteiger partial charge in [-0.25, -0.2) is 0 Å². The van der Waals surface area contributed by atoms with E-state index in [2.05, 4.69) is 15.1 Å². The van der Waals surface area contributed by atoms with Gasteiger partial charge in [0.2, 0.25) is 5.91 Å². The van der Waals surface area contributed by atoms with Gasteiger partial charge >= 0.3 is 0 Å². The van der Waals surface area contributed by atoms with Crippen LogP contribution in [-0.4, -0.2) is 71.5 Å². The molecule has 1 aromatic rings. The number of carbonyl (C=O) groups excluding carboxylic acids is 1. The molecule has 1 heterocycles. The molecule has 1 fully saturated rings. The summed E-state index contributed by atoms with van der Waals surface area (Å²) < 4.78 is 12.2. The topological polar surface area (TPSA) is 52.7 Å². The Balaban J connectivity index is 1.67. The van der Waals surface area contributed by atoms with E-state index in [0.29, 0.717) is 18.8 Å². The van der Waals surface area contributed by atoms with Gasteiger partial charge in [0.05, 0.1) is 17.3 Å². The van der Waals surface area contributed by atoms with Crippen molar-refractivity contribution in [1.29, 1.82) is 0 Å². The largest absolute Gasteiger partial charge is 0.355 e. The van der Waals surface area contributed by atoms with Crippen LogP contribution in [-0.2, 0) is 15.6 Å². The molecule has 0 aliphatic carbocycles. The van der Waals surface area contributed by atoms with Gasteiger partial charge in [-0.2, -0.15) is 0 Å². The van der Waals surface area contributed by atoms with Crippen LogP contribution < -0.4 is 5.32 Å². The van der Waals surface area contributed by atoms with Gasteiger partial charge in [0.15, 0.2) is 0 Å². The Labute approximate surface area is 135 Å². The van der Waals surface area contributed by atoms with Crippen molar-refractivity contribution in [3.8, 4) is 0 Å². The zero-order valence-electron chi connectivity index (χ0n) is 13.2. The van der Waals surface area contributed by atoms with Crippen LogP contribution in [0.25, 0.3) is 0 Å². The third-order valence-electron chi connectivity index (χ3n) is 3.81. The Morgan fingerprint density at radius 2 is 1.77 bits per heavy atom. The fourth-order valence-electron chi connectivity index (χ4n) is 2.53. The number of amides is 1. The number of hydrogen-bond acceptors (Lipinski definition) is 4. The summed E-state index contributed by atoms with van der Waals surface area (Å²) in [6.45, 7) is 7.61. The van der Waals surface area contributed by atoms with Crippen molar-refractivity contribution >= 4 is 16.7 Å². The van der Waals surface area contributed by atoms with Gasteiger partial charge in [0.1, 0.15) is 0 Å². The SMILES string of the molecule is CCNC(=O)CN1CCN(CCS(=O)c2ccccc2)CC1. The minimum Gasteiger partial charge on any atom is -0.355 e. The summed E-state index contributed by atoms with van der Waals surface area (Å²) in [4.78, 5) is 17.0. The first-order chi connectivity index (χ1) is 10.7. The van der Waals surface area contributed by atoms with Gasteiger partial charge in [-0.3, -0.25) is 18.8 Å². The lowest BCUT2D eigenvalue weighted by atomic mass is 10.3. The molecule has 1 aliphatic heterocycles. The first-order valence-corrected chi connectivity index (χ1v) is 9.15. The van der Waals surface area contributed by atoms with Gasteiger partial charge in [0.25, 0.3) is 0 Å². The molecule has 22 heavy (non-hydrogen) atoms. The second kappa shape index (κ2) is 9.02. The number of likely N-dealkylation sites (N-methyl/N-ethyl adjacent to an activating group) is 1. The van der Waals surface area contributed by atoms with Gasteiger partial charge in [0, 0.05) is 49.9 Å². The van der Waals surface area contributed by atoms with Gasteiger partial charge in [-0.05, 0) is 19.1 Å². The fourth-order valence-corrected chi connectivity index (χ4v) is 3.65. The van der Waals surface area contributed by atoms with Crippen molar-refractivity contribution in [1.82, 2.24) is 15.1 Å². The molecule has 1 N–H and O–H groups in total. The fraction of sp³-hybridized carbons (Fsp3) is 0.562. The van der Waals surface area contributed by atoms with Crippen molar-refractivity contribution in [2.45, 2.75) is 11.8 Å². The van der Waals surface area contributed by atoms with Crippen LogP contribution in [0.5, 0.6) is 0 Å². The van der Waals surface area contributed by atoms with E-state index in [4.69, 9.17) is 0 Å². The van der Waals surface area contributed by atoms with E-state index in [9.17, 15) is 9.00 Å². The highest BCUT2D eigenvalue weighted by molar-refractivity contribution is 7.85. The summed E-state index contributed by atoms with van der Waals surface area (Å²) in [5.41, 5.74) is 0. The van der Waals surface area contributed by atoms with Gasteiger partial charge in [-0.15, -0.1) is 0 Å². The van der Waals surface area contributed by atoms with Crippen LogP contribution in [0.2, 0.25) is 0 Å². The van der Waals surface area contributed by atoms with Crippen LogP contribution in [0, 0.1) is 0 Å². The summed E-state index contributed by atoms with van der Waals surface area (Å²) in [7, 11) is -0.925. The van der Waals surface area contributed by atoms with E-state index in [0.717, 1.165) is 37.6 Å². The molecule has 2 rings (SSSR count). The summed E-state index contributed by atoms with van der Waals surface area (Å²) in [5.74, 6) is 0.765. The summed E-state index contributed by atoms with van der Waals surface area (Å²) in [6.07, 6.45) is 0. The van der Waals surface area contributed by atoms with E-state index < -0.39 is 10.8 Å². The molecule has 1 aliphatic rings. The highest BCUT2D eigenvalue weighted by Gasteiger charge is 2.19. The molecule has 1 aromatic carbocycles. The van der Waals surface area contributed by atoms with Crippen LogP contribution in [0.3, 0.4) is 0 Å². The van der Waals surface area contributed by atoms with Crippen molar-refractivity contribution in [2.24, 2.45) is 0 Å². The highest BCUT2D eigenvalue weighted by atomic mass is 32.2. The molecule has 5 nitrogen and oxygen atoms in total. The first-order valence-electron chi connectivity index (χ1n) is 7.84. The van der Waals surface area contributed by atoms with E-state index in [-0.39, 0.29) is 5.91 Å². The molecule has 6 heteroatoms. The van der Waals surface area contributed by atoms with Gasteiger partial charge in [-0.1, -0.05) is 18.2 Å². The van der Waals surface area contributed by atoms with Crippen molar-refractivity contribution in [3.63, 3.8) is 0 Å². The molecule has 0 saturated carbocycles. The quantitative estimate of drug-likeness (QED) is 0.796. The van der Waals surface area contributed by atoms with E-state index in [1.165, 1.54) is 0 Å². The summed E-state index contributed by atoms with van der Waals surface area (Å²) in [6, 6.07) is 9.62. The lowest BCUT2D eigenvalue weighted by Gasteiger charge is -2.34. The number of nitrogens with zero attached hydrogens (tertiary/aromatic N) is 2. The third kappa shape index (κ3) is 5.51. The molecule has 1 amide bonds. The standard InChI is InChI=1S/C16H25N3O2S/c1-2-17-16(20)14-19-10-8-18(9-11-19)12-13-22(21)15-6-4-3-5-7-15/h3-7H,2,8-14H2,1H3,(H,17,20). The summed E-state index contributed by atoms with van der Waals surface area (Å²) >= 11 is 0. The Kier molecular flexibility index (Phi) is 7.02. The average molecular weight is 323 g/mol. The van der Waals surface area contributed by atoms with Crippen molar-refractivity contribution < 1.29 is 9.00 Å². The molecule has 1 unspecified atom stereocenters. The maximum Gasteiger partial charge on any atom is 0.234 e. The minimum absolute atomic E-state index is 0.0983. The number of carbonyl (C=O) groups is 1. The maximum absolute atomic E-state index is 12.2. The number of rotatable bonds is 7. The highest BCUT2D eigenvalue weighted by Crippen LogP contribution is 2.07. The molecule has 0 spiro atoms. The molecular weight excluding hydrogens is 298 g/mol. The van der Waals surface area contributed by atoms with E-state index >= 15 is 0 Å². The van der Waals surface area contributed by atoms with Crippen molar-refractivity contribution in [2.75, 3.05) is 51.6 Å². The van der Waals surface area contributed by atoms with Crippen LogP contribution in [0.1, 0.15) is 6.92 Å². The summed E-state index contributed by atoms with van der Waals surface area (Å²) in [5, 5.41) is 2.83. The Bertz CT molecular complexity index is 487. The average Bonchev–Trinajstić information content (AvgIpc) is 2.55. The molecule has 1 atom stereocenters. The van der Waals surface area contributed by atoms with Gasteiger partial charge < -0.3 is 5.32 Å².